The molecule has 0 bridgehead atoms. The van der Waals surface area contributed by atoms with Gasteiger partial charge in [-0.05, 0) is 31.5 Å². The molecule has 0 saturated carbocycles. The highest BCUT2D eigenvalue weighted by Gasteiger charge is 2.40. The number of nitrogens with zero attached hydrogens (tertiary/aromatic N) is 1. The molecule has 1 saturated heterocycles. The number of amides is 2. The molecule has 1 aliphatic heterocycles. The summed E-state index contributed by atoms with van der Waals surface area (Å²) in [6.45, 7) is 4.85. The molecule has 2 amide bonds. The molecule has 1 atom stereocenters. The molecule has 104 valence electrons. The summed E-state index contributed by atoms with van der Waals surface area (Å²) in [6, 6.07) is 7.03. The van der Waals surface area contributed by atoms with Gasteiger partial charge in [-0.2, -0.15) is 0 Å². The third-order valence-corrected chi connectivity index (χ3v) is 3.43. The summed E-state index contributed by atoms with van der Waals surface area (Å²) in [7, 11) is 1.62. The zero-order chi connectivity index (χ0) is 14.0. The van der Waals surface area contributed by atoms with E-state index in [1.165, 1.54) is 0 Å². The van der Waals surface area contributed by atoms with E-state index in [2.05, 4.69) is 0 Å². The van der Waals surface area contributed by atoms with Crippen LogP contribution >= 0.6 is 0 Å². The molecule has 1 aliphatic rings. The number of rotatable bonds is 2. The molecule has 1 unspecified atom stereocenters. The predicted octanol–water partition coefficient (Wildman–Crippen LogP) is 1.93. The van der Waals surface area contributed by atoms with Crippen LogP contribution in [0, 0.1) is 0 Å². The van der Waals surface area contributed by atoms with E-state index in [0.717, 1.165) is 11.3 Å². The summed E-state index contributed by atoms with van der Waals surface area (Å²) < 4.78 is 10.7. The Balaban J connectivity index is 2.32. The van der Waals surface area contributed by atoms with Crippen LogP contribution in [0.25, 0.3) is 0 Å². The normalized spacial score (nSPS) is 22.1. The molecule has 1 heterocycles. The summed E-state index contributed by atoms with van der Waals surface area (Å²) in [5.74, 6) is 0.783. The first-order valence-electron chi connectivity index (χ1n) is 6.26. The van der Waals surface area contributed by atoms with Crippen molar-refractivity contribution < 1.29 is 14.3 Å². The smallest absolute Gasteiger partial charge is 0.315 e. The lowest BCUT2D eigenvalue weighted by molar-refractivity contribution is -0.0638. The van der Waals surface area contributed by atoms with Gasteiger partial charge in [-0.25, -0.2) is 4.79 Å². The van der Waals surface area contributed by atoms with E-state index in [9.17, 15) is 4.79 Å². The fourth-order valence-corrected chi connectivity index (χ4v) is 2.51. The Labute approximate surface area is 113 Å². The number of ether oxygens (including phenoxy) is 2. The number of methoxy groups -OCH3 is 1. The van der Waals surface area contributed by atoms with Crippen molar-refractivity contribution in [2.75, 3.05) is 20.3 Å². The molecule has 2 N–H and O–H groups in total. The number of carbonyl (C=O) groups is 1. The van der Waals surface area contributed by atoms with E-state index in [-0.39, 0.29) is 6.04 Å². The Morgan fingerprint density at radius 3 is 2.58 bits per heavy atom. The summed E-state index contributed by atoms with van der Waals surface area (Å²) in [6.07, 6.45) is 0. The van der Waals surface area contributed by atoms with E-state index < -0.39 is 11.6 Å². The zero-order valence-corrected chi connectivity index (χ0v) is 11.6. The van der Waals surface area contributed by atoms with Gasteiger partial charge in [0.1, 0.15) is 5.75 Å². The van der Waals surface area contributed by atoms with E-state index >= 15 is 0 Å². The second-order valence-electron chi connectivity index (χ2n) is 5.32. The molecular weight excluding hydrogens is 244 g/mol. The van der Waals surface area contributed by atoms with Gasteiger partial charge in [0, 0.05) is 0 Å². The first-order valence-corrected chi connectivity index (χ1v) is 6.26. The van der Waals surface area contributed by atoms with Crippen molar-refractivity contribution in [2.24, 2.45) is 5.73 Å². The SMILES string of the molecule is COc1ccc(C2COCC(C)(C)N2C(N)=O)cc1. The Morgan fingerprint density at radius 2 is 2.05 bits per heavy atom. The molecule has 19 heavy (non-hydrogen) atoms. The maximum atomic E-state index is 11.7. The van der Waals surface area contributed by atoms with Crippen molar-refractivity contribution in [1.82, 2.24) is 4.90 Å². The van der Waals surface area contributed by atoms with Crippen LogP contribution in [0.15, 0.2) is 24.3 Å². The summed E-state index contributed by atoms with van der Waals surface area (Å²) in [5, 5.41) is 0. The van der Waals surface area contributed by atoms with Crippen LogP contribution in [0.3, 0.4) is 0 Å². The number of nitrogens with two attached hydrogens (primary N) is 1. The van der Waals surface area contributed by atoms with Gasteiger partial charge in [0.05, 0.1) is 31.9 Å². The number of carbonyl (C=O) groups excluding carboxylic acids is 1. The van der Waals surface area contributed by atoms with Gasteiger partial charge in [0.2, 0.25) is 0 Å². The lowest BCUT2D eigenvalue weighted by Crippen LogP contribution is -2.58. The van der Waals surface area contributed by atoms with Crippen molar-refractivity contribution >= 4 is 6.03 Å². The van der Waals surface area contributed by atoms with E-state index in [1.807, 2.05) is 38.1 Å². The maximum Gasteiger partial charge on any atom is 0.315 e. The second-order valence-corrected chi connectivity index (χ2v) is 5.32. The molecule has 1 aromatic carbocycles. The standard InChI is InChI=1S/C14H20N2O3/c1-14(2)9-19-8-12(16(14)13(15)17)10-4-6-11(18-3)7-5-10/h4-7,12H,8-9H2,1-3H3,(H2,15,17). The lowest BCUT2D eigenvalue weighted by Gasteiger charge is -2.46. The number of urea groups is 1. The number of hydrogen-bond donors (Lipinski definition) is 1. The fourth-order valence-electron chi connectivity index (χ4n) is 2.51. The van der Waals surface area contributed by atoms with Crippen LogP contribution < -0.4 is 10.5 Å². The van der Waals surface area contributed by atoms with Gasteiger partial charge in [-0.1, -0.05) is 12.1 Å². The monoisotopic (exact) mass is 264 g/mol. The third-order valence-electron chi connectivity index (χ3n) is 3.43. The zero-order valence-electron chi connectivity index (χ0n) is 11.6. The summed E-state index contributed by atoms with van der Waals surface area (Å²) in [5.41, 5.74) is 6.12. The molecule has 5 nitrogen and oxygen atoms in total. The van der Waals surface area contributed by atoms with Crippen molar-refractivity contribution in [3.63, 3.8) is 0 Å². The first kappa shape index (κ1) is 13.7. The summed E-state index contributed by atoms with van der Waals surface area (Å²) >= 11 is 0. The van der Waals surface area contributed by atoms with Gasteiger partial charge in [-0.3, -0.25) is 0 Å². The van der Waals surface area contributed by atoms with Crippen molar-refractivity contribution in [1.29, 1.82) is 0 Å². The Kier molecular flexibility index (Phi) is 3.66. The second kappa shape index (κ2) is 5.09. The fraction of sp³-hybridized carbons (Fsp3) is 0.500. The van der Waals surface area contributed by atoms with Crippen LogP contribution in [0.5, 0.6) is 5.75 Å². The maximum absolute atomic E-state index is 11.7. The average Bonchev–Trinajstić information content (AvgIpc) is 2.37. The van der Waals surface area contributed by atoms with Crippen LogP contribution in [0.1, 0.15) is 25.5 Å². The van der Waals surface area contributed by atoms with Crippen LogP contribution in [-0.4, -0.2) is 36.8 Å². The van der Waals surface area contributed by atoms with Gasteiger partial charge >= 0.3 is 6.03 Å². The quantitative estimate of drug-likeness (QED) is 0.887. The minimum absolute atomic E-state index is 0.160. The van der Waals surface area contributed by atoms with E-state index in [4.69, 9.17) is 15.2 Å². The number of hydrogen-bond acceptors (Lipinski definition) is 3. The van der Waals surface area contributed by atoms with Gasteiger partial charge in [0.15, 0.2) is 0 Å². The highest BCUT2D eigenvalue weighted by Crippen LogP contribution is 2.33. The van der Waals surface area contributed by atoms with Gasteiger partial charge < -0.3 is 20.1 Å². The molecule has 1 fully saturated rings. The minimum atomic E-state index is -0.422. The molecule has 0 aromatic heterocycles. The van der Waals surface area contributed by atoms with Crippen molar-refractivity contribution in [2.45, 2.75) is 25.4 Å². The van der Waals surface area contributed by atoms with Gasteiger partial charge in [-0.15, -0.1) is 0 Å². The number of benzene rings is 1. The number of primary amides is 1. The van der Waals surface area contributed by atoms with Gasteiger partial charge in [0.25, 0.3) is 0 Å². The Hall–Kier alpha value is -1.75. The predicted molar refractivity (Wildman–Crippen MR) is 72.1 cm³/mol. The summed E-state index contributed by atoms with van der Waals surface area (Å²) in [4.78, 5) is 13.4. The largest absolute Gasteiger partial charge is 0.497 e. The van der Waals surface area contributed by atoms with Crippen LogP contribution in [0.4, 0.5) is 4.79 Å². The van der Waals surface area contributed by atoms with Crippen molar-refractivity contribution in [3.8, 4) is 5.75 Å². The minimum Gasteiger partial charge on any atom is -0.497 e. The first-order chi connectivity index (χ1) is 8.95. The van der Waals surface area contributed by atoms with Crippen molar-refractivity contribution in [3.05, 3.63) is 29.8 Å². The van der Waals surface area contributed by atoms with E-state index in [0.29, 0.717) is 13.2 Å². The molecule has 0 radical (unpaired) electrons. The molecular formula is C14H20N2O3. The molecule has 0 spiro atoms. The highest BCUT2D eigenvalue weighted by atomic mass is 16.5. The third kappa shape index (κ3) is 2.66. The molecule has 1 aromatic rings. The van der Waals surface area contributed by atoms with E-state index in [1.54, 1.807) is 12.0 Å². The van der Waals surface area contributed by atoms with Crippen LogP contribution in [-0.2, 0) is 4.74 Å². The number of morpholine rings is 1. The molecule has 0 aliphatic carbocycles. The topological polar surface area (TPSA) is 64.8 Å². The Bertz CT molecular complexity index is 456. The molecule has 2 rings (SSSR count). The molecule has 5 heteroatoms. The Morgan fingerprint density at radius 1 is 1.42 bits per heavy atom. The average molecular weight is 264 g/mol. The highest BCUT2D eigenvalue weighted by molar-refractivity contribution is 5.73. The van der Waals surface area contributed by atoms with Crippen LogP contribution in [0.2, 0.25) is 0 Å². The lowest BCUT2D eigenvalue weighted by atomic mass is 9.95.